The third-order valence-corrected chi connectivity index (χ3v) is 2.76. The van der Waals surface area contributed by atoms with Gasteiger partial charge in [-0.1, -0.05) is 34.8 Å². The summed E-state index contributed by atoms with van der Waals surface area (Å²) in [7, 11) is 0. The van der Waals surface area contributed by atoms with Crippen molar-refractivity contribution in [3.8, 4) is 0 Å². The van der Waals surface area contributed by atoms with Gasteiger partial charge in [-0.15, -0.1) is 0 Å². The van der Waals surface area contributed by atoms with Gasteiger partial charge in [-0.05, 0) is 13.8 Å². The highest BCUT2D eigenvalue weighted by Crippen LogP contribution is 2.28. The van der Waals surface area contributed by atoms with E-state index in [0.717, 1.165) is 5.56 Å². The molecule has 0 saturated heterocycles. The Balaban J connectivity index is 2.71. The van der Waals surface area contributed by atoms with Gasteiger partial charge in [-0.25, -0.2) is 0 Å². The molecule has 4 nitrogen and oxygen atoms in total. The third-order valence-electron chi connectivity index (χ3n) is 2.41. The van der Waals surface area contributed by atoms with Gasteiger partial charge >= 0.3 is 0 Å². The monoisotopic (exact) mass is 294 g/mol. The maximum atomic E-state index is 12.2. The Morgan fingerprint density at radius 3 is 2.65 bits per heavy atom. The number of aryl methyl sites for hydroxylation is 2. The van der Waals surface area contributed by atoms with Crippen molar-refractivity contribution in [1.82, 2.24) is 9.55 Å². The first-order valence-corrected chi connectivity index (χ1v) is 5.95. The van der Waals surface area contributed by atoms with Gasteiger partial charge in [0.25, 0.3) is 5.56 Å². The standard InChI is InChI=1S/C10H9Cl3N2O2/c1-5-3-17-8-7(5)9(16)15(6(2)14-8)4-10(11,12)13/h3H,4H2,1-2H3. The Hall–Kier alpha value is -0.710. The SMILES string of the molecule is Cc1coc2nc(C)n(CC(Cl)(Cl)Cl)c(=O)c12. The molecule has 0 saturated carbocycles. The van der Waals surface area contributed by atoms with Crippen LogP contribution in [0.1, 0.15) is 11.4 Å². The zero-order chi connectivity index (χ0) is 12.8. The molecule has 2 heterocycles. The zero-order valence-electron chi connectivity index (χ0n) is 9.13. The van der Waals surface area contributed by atoms with Gasteiger partial charge in [-0.2, -0.15) is 4.98 Å². The second kappa shape index (κ2) is 4.19. The number of hydrogen-bond acceptors (Lipinski definition) is 3. The van der Waals surface area contributed by atoms with Gasteiger partial charge in [0.2, 0.25) is 9.51 Å². The van der Waals surface area contributed by atoms with Crippen LogP contribution in [0.15, 0.2) is 15.5 Å². The van der Waals surface area contributed by atoms with Gasteiger partial charge < -0.3 is 4.42 Å². The van der Waals surface area contributed by atoms with Crippen LogP contribution in [0, 0.1) is 13.8 Å². The normalized spacial score (nSPS) is 12.3. The van der Waals surface area contributed by atoms with Crippen LogP contribution in [0.5, 0.6) is 0 Å². The van der Waals surface area contributed by atoms with E-state index in [1.165, 1.54) is 10.8 Å². The van der Waals surface area contributed by atoms with Crippen molar-refractivity contribution >= 4 is 45.9 Å². The Bertz CT molecular complexity index is 625. The fourth-order valence-corrected chi connectivity index (χ4v) is 1.99. The molecule has 2 rings (SSSR count). The molecule has 0 spiro atoms. The molecule has 0 N–H and O–H groups in total. The van der Waals surface area contributed by atoms with Crippen molar-refractivity contribution in [2.45, 2.75) is 24.2 Å². The van der Waals surface area contributed by atoms with Crippen LogP contribution in [0.3, 0.4) is 0 Å². The van der Waals surface area contributed by atoms with E-state index in [4.69, 9.17) is 39.2 Å². The summed E-state index contributed by atoms with van der Waals surface area (Å²) in [5.41, 5.74) is 0.770. The molecule has 92 valence electrons. The molecule has 0 aliphatic carbocycles. The molecule has 0 aliphatic rings. The van der Waals surface area contributed by atoms with E-state index in [9.17, 15) is 4.79 Å². The summed E-state index contributed by atoms with van der Waals surface area (Å²) in [6, 6.07) is 0. The van der Waals surface area contributed by atoms with Gasteiger partial charge in [0, 0.05) is 5.56 Å². The van der Waals surface area contributed by atoms with Crippen LogP contribution in [0.2, 0.25) is 0 Å². The third kappa shape index (κ3) is 2.44. The lowest BCUT2D eigenvalue weighted by Gasteiger charge is -2.14. The quantitative estimate of drug-likeness (QED) is 0.760. The second-order valence-electron chi connectivity index (χ2n) is 3.76. The molecule has 0 radical (unpaired) electrons. The van der Waals surface area contributed by atoms with E-state index < -0.39 is 3.79 Å². The number of rotatable bonds is 1. The maximum absolute atomic E-state index is 12.2. The lowest BCUT2D eigenvalue weighted by molar-refractivity contribution is 0.586. The van der Waals surface area contributed by atoms with Gasteiger partial charge in [-0.3, -0.25) is 9.36 Å². The van der Waals surface area contributed by atoms with Crippen LogP contribution < -0.4 is 5.56 Å². The van der Waals surface area contributed by atoms with E-state index in [1.54, 1.807) is 13.8 Å². The number of alkyl halides is 3. The van der Waals surface area contributed by atoms with Crippen molar-refractivity contribution in [3.05, 3.63) is 28.0 Å². The second-order valence-corrected chi connectivity index (χ2v) is 6.28. The average Bonchev–Trinajstić information content (AvgIpc) is 2.53. The summed E-state index contributed by atoms with van der Waals surface area (Å²) in [6.07, 6.45) is 1.48. The first kappa shape index (κ1) is 12.7. The Morgan fingerprint density at radius 2 is 2.06 bits per heavy atom. The first-order chi connectivity index (χ1) is 7.79. The largest absolute Gasteiger partial charge is 0.446 e. The van der Waals surface area contributed by atoms with Crippen LogP contribution in [0.25, 0.3) is 11.1 Å². The summed E-state index contributed by atoms with van der Waals surface area (Å²) in [5.74, 6) is 0.447. The number of furan rings is 1. The van der Waals surface area contributed by atoms with Crippen molar-refractivity contribution in [2.24, 2.45) is 0 Å². The van der Waals surface area contributed by atoms with Gasteiger partial charge in [0.15, 0.2) is 0 Å². The van der Waals surface area contributed by atoms with Crippen molar-refractivity contribution < 1.29 is 4.42 Å². The Morgan fingerprint density at radius 1 is 1.41 bits per heavy atom. The highest BCUT2D eigenvalue weighted by Gasteiger charge is 2.24. The van der Waals surface area contributed by atoms with Gasteiger partial charge in [0.05, 0.1) is 12.8 Å². The number of halogens is 3. The highest BCUT2D eigenvalue weighted by molar-refractivity contribution is 6.67. The molecule has 2 aromatic heterocycles. The average molecular weight is 296 g/mol. The van der Waals surface area contributed by atoms with Crippen molar-refractivity contribution in [2.75, 3.05) is 0 Å². The molecule has 0 atom stereocenters. The molecule has 0 aromatic carbocycles. The molecular formula is C10H9Cl3N2O2. The Kier molecular flexibility index (Phi) is 3.14. The summed E-state index contributed by atoms with van der Waals surface area (Å²) in [4.78, 5) is 16.4. The fourth-order valence-electron chi connectivity index (χ4n) is 1.63. The molecule has 0 unspecified atom stereocenters. The molecular weight excluding hydrogens is 286 g/mol. The molecule has 17 heavy (non-hydrogen) atoms. The molecule has 7 heteroatoms. The number of nitrogens with zero attached hydrogens (tertiary/aromatic N) is 2. The predicted molar refractivity (Wildman–Crippen MR) is 68.0 cm³/mol. The summed E-state index contributed by atoms with van der Waals surface area (Å²) >= 11 is 17.1. The minimum absolute atomic E-state index is 0.0457. The highest BCUT2D eigenvalue weighted by atomic mass is 35.6. The number of fused-ring (bicyclic) bond motifs is 1. The summed E-state index contributed by atoms with van der Waals surface area (Å²) in [5, 5.41) is 0.421. The lowest BCUT2D eigenvalue weighted by atomic mass is 10.2. The Labute approximate surface area is 112 Å². The van der Waals surface area contributed by atoms with E-state index in [-0.39, 0.29) is 12.1 Å². The lowest BCUT2D eigenvalue weighted by Crippen LogP contribution is -2.29. The van der Waals surface area contributed by atoms with E-state index in [1.807, 2.05) is 0 Å². The van der Waals surface area contributed by atoms with Crippen LogP contribution >= 0.6 is 34.8 Å². The fraction of sp³-hybridized carbons (Fsp3) is 0.400. The predicted octanol–water partition coefficient (Wildman–Crippen LogP) is 2.98. The molecule has 2 aromatic rings. The molecule has 0 amide bonds. The van der Waals surface area contributed by atoms with Crippen LogP contribution in [-0.2, 0) is 6.54 Å². The summed E-state index contributed by atoms with van der Waals surface area (Å²) in [6.45, 7) is 3.38. The zero-order valence-corrected chi connectivity index (χ0v) is 11.4. The van der Waals surface area contributed by atoms with Crippen LogP contribution in [-0.4, -0.2) is 13.3 Å². The first-order valence-electron chi connectivity index (χ1n) is 4.81. The van der Waals surface area contributed by atoms with Crippen LogP contribution in [0.4, 0.5) is 0 Å². The number of hydrogen-bond donors (Lipinski definition) is 0. The topological polar surface area (TPSA) is 48.0 Å². The van der Waals surface area contributed by atoms with Gasteiger partial charge in [0.1, 0.15) is 11.2 Å². The molecule has 0 fully saturated rings. The minimum Gasteiger partial charge on any atom is -0.446 e. The maximum Gasteiger partial charge on any atom is 0.265 e. The minimum atomic E-state index is -1.54. The van der Waals surface area contributed by atoms with E-state index >= 15 is 0 Å². The molecule has 0 bridgehead atoms. The van der Waals surface area contributed by atoms with E-state index in [0.29, 0.717) is 16.9 Å². The van der Waals surface area contributed by atoms with Crippen molar-refractivity contribution in [1.29, 1.82) is 0 Å². The summed E-state index contributed by atoms with van der Waals surface area (Å²) < 4.78 is 4.96. The molecule has 0 aliphatic heterocycles. The smallest absolute Gasteiger partial charge is 0.265 e. The van der Waals surface area contributed by atoms with Crippen molar-refractivity contribution in [3.63, 3.8) is 0 Å². The number of aromatic nitrogens is 2. The van der Waals surface area contributed by atoms with E-state index in [2.05, 4.69) is 4.98 Å².